The molecule has 3 nitrogen and oxygen atoms in total. The molecule has 7 rings (SSSR count). The Balaban J connectivity index is 1.78. The van der Waals surface area contributed by atoms with E-state index in [9.17, 15) is 0 Å². The minimum absolute atomic E-state index is 0.906. The monoisotopic (exact) mass is 347 g/mol. The molecule has 7 aromatic rings. The summed E-state index contributed by atoms with van der Waals surface area (Å²) in [6.45, 7) is 0. The Morgan fingerprint density at radius 2 is 0.926 bits per heavy atom. The first-order valence-electron chi connectivity index (χ1n) is 9.04. The van der Waals surface area contributed by atoms with Gasteiger partial charge in [0.25, 0.3) is 0 Å². The van der Waals surface area contributed by atoms with Crippen molar-refractivity contribution in [2.45, 2.75) is 0 Å². The largest absolute Gasteiger partial charge is 0.456 e. The highest BCUT2D eigenvalue weighted by Gasteiger charge is 2.17. The van der Waals surface area contributed by atoms with Crippen molar-refractivity contribution in [1.82, 2.24) is 4.98 Å². The van der Waals surface area contributed by atoms with Crippen molar-refractivity contribution in [3.05, 3.63) is 72.8 Å². The maximum Gasteiger partial charge on any atom is 0.137 e. The van der Waals surface area contributed by atoms with Crippen LogP contribution >= 0.6 is 0 Å². The minimum Gasteiger partial charge on any atom is -0.456 e. The van der Waals surface area contributed by atoms with Crippen molar-refractivity contribution in [3.63, 3.8) is 0 Å². The molecule has 126 valence electrons. The predicted octanol–water partition coefficient (Wildman–Crippen LogP) is 7.12. The molecule has 0 unspecified atom stereocenters. The summed E-state index contributed by atoms with van der Waals surface area (Å²) in [6.07, 6.45) is 0. The number of para-hydroxylation sites is 2. The number of nitrogens with one attached hydrogen (secondary N) is 1. The molecule has 0 spiro atoms. The summed E-state index contributed by atoms with van der Waals surface area (Å²) in [7, 11) is 0. The van der Waals surface area contributed by atoms with Crippen LogP contribution in [0, 0.1) is 0 Å². The molecule has 0 aliphatic carbocycles. The molecule has 3 heterocycles. The van der Waals surface area contributed by atoms with Crippen LogP contribution in [0.1, 0.15) is 0 Å². The van der Waals surface area contributed by atoms with Gasteiger partial charge in [-0.15, -0.1) is 0 Å². The van der Waals surface area contributed by atoms with Crippen LogP contribution in [0.4, 0.5) is 0 Å². The van der Waals surface area contributed by atoms with Gasteiger partial charge in [-0.2, -0.15) is 0 Å². The van der Waals surface area contributed by atoms with E-state index in [1.807, 2.05) is 24.3 Å². The van der Waals surface area contributed by atoms with Gasteiger partial charge in [-0.1, -0.05) is 36.4 Å². The number of benzene rings is 4. The minimum atomic E-state index is 0.906. The summed E-state index contributed by atoms with van der Waals surface area (Å²) in [5.41, 5.74) is 5.87. The number of aromatic amines is 1. The van der Waals surface area contributed by atoms with E-state index in [0.717, 1.165) is 54.9 Å². The summed E-state index contributed by atoms with van der Waals surface area (Å²) in [5, 5.41) is 6.96. The number of fused-ring (bicyclic) bond motifs is 11. The normalized spacial score (nSPS) is 12.4. The fourth-order valence-electron chi connectivity index (χ4n) is 4.47. The second-order valence-electron chi connectivity index (χ2n) is 7.04. The topological polar surface area (TPSA) is 42.1 Å². The Morgan fingerprint density at radius 3 is 1.44 bits per heavy atom. The molecule has 0 aliphatic heterocycles. The van der Waals surface area contributed by atoms with Crippen LogP contribution in [0.25, 0.3) is 65.7 Å². The third kappa shape index (κ3) is 1.57. The van der Waals surface area contributed by atoms with E-state index >= 15 is 0 Å². The summed E-state index contributed by atoms with van der Waals surface area (Å²) in [5.74, 6) is 0. The molecule has 0 aliphatic rings. The van der Waals surface area contributed by atoms with Crippen molar-refractivity contribution in [3.8, 4) is 0 Å². The number of hydrogen-bond acceptors (Lipinski definition) is 2. The second-order valence-corrected chi connectivity index (χ2v) is 7.04. The van der Waals surface area contributed by atoms with Gasteiger partial charge in [-0.05, 0) is 36.4 Å². The lowest BCUT2D eigenvalue weighted by Crippen LogP contribution is -1.72. The molecule has 0 fully saturated rings. The number of hydrogen-bond donors (Lipinski definition) is 1. The highest BCUT2D eigenvalue weighted by molar-refractivity contribution is 6.28. The quantitative estimate of drug-likeness (QED) is 0.317. The van der Waals surface area contributed by atoms with Gasteiger partial charge < -0.3 is 13.8 Å². The van der Waals surface area contributed by atoms with Gasteiger partial charge in [-0.3, -0.25) is 0 Å². The average Bonchev–Trinajstić information content (AvgIpc) is 3.37. The number of aromatic nitrogens is 1. The highest BCUT2D eigenvalue weighted by Crippen LogP contribution is 2.41. The lowest BCUT2D eigenvalue weighted by atomic mass is 10.1. The van der Waals surface area contributed by atoms with E-state index in [4.69, 9.17) is 8.83 Å². The molecule has 4 aromatic carbocycles. The Morgan fingerprint density at radius 1 is 0.444 bits per heavy atom. The van der Waals surface area contributed by atoms with E-state index in [1.165, 1.54) is 10.8 Å². The van der Waals surface area contributed by atoms with Gasteiger partial charge in [0.15, 0.2) is 0 Å². The fraction of sp³-hybridized carbons (Fsp3) is 0. The van der Waals surface area contributed by atoms with Crippen LogP contribution in [0.3, 0.4) is 0 Å². The molecule has 3 aromatic heterocycles. The third-order valence-corrected chi connectivity index (χ3v) is 5.63. The van der Waals surface area contributed by atoms with Gasteiger partial charge in [0.1, 0.15) is 22.3 Å². The SMILES string of the molecule is c1ccc2c(c1)oc1ccc3c4ccc5oc6ccccc6c5c4[nH]c3c12. The molecule has 0 saturated carbocycles. The number of furan rings is 2. The number of H-pyrrole nitrogens is 1. The Kier molecular flexibility index (Phi) is 2.25. The van der Waals surface area contributed by atoms with Crippen molar-refractivity contribution in [1.29, 1.82) is 0 Å². The zero-order valence-electron chi connectivity index (χ0n) is 14.2. The molecule has 0 amide bonds. The maximum atomic E-state index is 6.06. The standard InChI is InChI=1S/C24H13NO2/c1-3-7-17-15(5-1)21-19(26-17)11-9-13-14-10-12-20-22(24(14)25-23(13)21)16-6-2-4-8-18(16)27-20/h1-12,25H. The van der Waals surface area contributed by atoms with Crippen LogP contribution in [0.15, 0.2) is 81.6 Å². The molecule has 27 heavy (non-hydrogen) atoms. The smallest absolute Gasteiger partial charge is 0.137 e. The first kappa shape index (κ1) is 13.5. The zero-order chi connectivity index (χ0) is 17.5. The second kappa shape index (κ2) is 4.51. The summed E-state index contributed by atoms with van der Waals surface area (Å²) >= 11 is 0. The van der Waals surface area contributed by atoms with Gasteiger partial charge >= 0.3 is 0 Å². The third-order valence-electron chi connectivity index (χ3n) is 5.63. The zero-order valence-corrected chi connectivity index (χ0v) is 14.2. The van der Waals surface area contributed by atoms with Gasteiger partial charge in [0.05, 0.1) is 21.8 Å². The van der Waals surface area contributed by atoms with Crippen molar-refractivity contribution < 1.29 is 8.83 Å². The Hall–Kier alpha value is -3.72. The van der Waals surface area contributed by atoms with Gasteiger partial charge in [0.2, 0.25) is 0 Å². The van der Waals surface area contributed by atoms with Crippen molar-refractivity contribution >= 4 is 65.7 Å². The Bertz CT molecular complexity index is 1550. The average molecular weight is 347 g/mol. The molecule has 0 bridgehead atoms. The molecule has 0 radical (unpaired) electrons. The van der Waals surface area contributed by atoms with Crippen LogP contribution in [0.5, 0.6) is 0 Å². The predicted molar refractivity (Wildman–Crippen MR) is 110 cm³/mol. The Labute approximate surface area is 152 Å². The van der Waals surface area contributed by atoms with Gasteiger partial charge in [0, 0.05) is 21.5 Å². The molecule has 3 heteroatoms. The first-order chi connectivity index (χ1) is 13.4. The molecular weight excluding hydrogens is 334 g/mol. The van der Waals surface area contributed by atoms with Gasteiger partial charge in [-0.25, -0.2) is 0 Å². The van der Waals surface area contributed by atoms with Crippen LogP contribution in [-0.2, 0) is 0 Å². The van der Waals surface area contributed by atoms with Crippen LogP contribution in [0.2, 0.25) is 0 Å². The number of rotatable bonds is 0. The van der Waals surface area contributed by atoms with E-state index < -0.39 is 0 Å². The first-order valence-corrected chi connectivity index (χ1v) is 9.04. The van der Waals surface area contributed by atoms with Crippen LogP contribution < -0.4 is 0 Å². The maximum absolute atomic E-state index is 6.06. The molecule has 0 saturated heterocycles. The lowest BCUT2D eigenvalue weighted by molar-refractivity contribution is 0.669. The molecular formula is C24H13NO2. The summed E-state index contributed by atoms with van der Waals surface area (Å²) in [6, 6.07) is 24.8. The molecule has 0 atom stereocenters. The summed E-state index contributed by atoms with van der Waals surface area (Å²) in [4.78, 5) is 3.70. The summed E-state index contributed by atoms with van der Waals surface area (Å²) < 4.78 is 12.1. The van der Waals surface area contributed by atoms with E-state index in [-0.39, 0.29) is 0 Å². The fourth-order valence-corrected chi connectivity index (χ4v) is 4.47. The van der Waals surface area contributed by atoms with E-state index in [2.05, 4.69) is 53.5 Å². The highest BCUT2D eigenvalue weighted by atomic mass is 16.3. The van der Waals surface area contributed by atoms with E-state index in [1.54, 1.807) is 0 Å². The molecule has 1 N–H and O–H groups in total. The van der Waals surface area contributed by atoms with Crippen molar-refractivity contribution in [2.75, 3.05) is 0 Å². The van der Waals surface area contributed by atoms with Crippen molar-refractivity contribution in [2.24, 2.45) is 0 Å². The van der Waals surface area contributed by atoms with E-state index in [0.29, 0.717) is 0 Å². The lowest BCUT2D eigenvalue weighted by Gasteiger charge is -1.93. The van der Waals surface area contributed by atoms with Crippen LogP contribution in [-0.4, -0.2) is 4.98 Å².